The number of fused-ring (bicyclic) bond motifs is 1. The van der Waals surface area contributed by atoms with Gasteiger partial charge < -0.3 is 4.57 Å². The quantitative estimate of drug-likeness (QED) is 0.585. The number of hydrogen-bond acceptors (Lipinski definition) is 0. The second-order valence-electron chi connectivity index (χ2n) is 5.30. The second kappa shape index (κ2) is 9.29. The molecule has 0 saturated carbocycles. The van der Waals surface area contributed by atoms with Gasteiger partial charge in [0.05, 0.1) is 0 Å². The number of nitrogens with zero attached hydrogens (tertiary/aromatic N) is 1. The lowest BCUT2D eigenvalue weighted by Gasteiger charge is -2.16. The third-order valence-electron chi connectivity index (χ3n) is 3.94. The van der Waals surface area contributed by atoms with Crippen molar-refractivity contribution in [1.82, 2.24) is 4.57 Å². The van der Waals surface area contributed by atoms with Crippen LogP contribution in [0.3, 0.4) is 0 Å². The Morgan fingerprint density at radius 1 is 1.19 bits per heavy atom. The van der Waals surface area contributed by atoms with Gasteiger partial charge in [-0.25, -0.2) is 0 Å². The smallest absolute Gasteiger partial charge is 0.0481 e. The van der Waals surface area contributed by atoms with Crippen LogP contribution in [0, 0.1) is 18.3 Å². The molecule has 0 amide bonds. The fraction of sp³-hybridized carbons (Fsp3) is 0.500. The van der Waals surface area contributed by atoms with Crippen molar-refractivity contribution in [2.75, 3.05) is 0 Å². The summed E-state index contributed by atoms with van der Waals surface area (Å²) in [5.74, 6) is 3.48. The molecule has 21 heavy (non-hydrogen) atoms. The number of rotatable bonds is 6. The van der Waals surface area contributed by atoms with E-state index in [4.69, 9.17) is 6.42 Å². The highest BCUT2D eigenvalue weighted by Gasteiger charge is 2.09. The van der Waals surface area contributed by atoms with Gasteiger partial charge in [0.2, 0.25) is 0 Å². The number of unbranched alkanes of at least 4 members (excludes halogenated alkanes) is 1. The van der Waals surface area contributed by atoms with Crippen LogP contribution in [0.25, 0.3) is 10.9 Å². The van der Waals surface area contributed by atoms with Crippen molar-refractivity contribution in [2.24, 2.45) is 5.92 Å². The first-order chi connectivity index (χ1) is 10.3. The van der Waals surface area contributed by atoms with Crippen LogP contribution in [0.4, 0.5) is 0 Å². The highest BCUT2D eigenvalue weighted by atomic mass is 15.0. The number of aromatic nitrogens is 1. The van der Waals surface area contributed by atoms with Gasteiger partial charge in [-0.3, -0.25) is 0 Å². The summed E-state index contributed by atoms with van der Waals surface area (Å²) in [5.41, 5.74) is 2.26. The molecule has 1 heteroatoms. The Morgan fingerprint density at radius 2 is 1.95 bits per heavy atom. The SMILES string of the molecule is C#Cc1ccc2c(ccn2CC(CC)CCCC)c1.CC. The van der Waals surface area contributed by atoms with Gasteiger partial charge in [0.25, 0.3) is 0 Å². The molecule has 1 aromatic heterocycles. The Morgan fingerprint density at radius 3 is 2.57 bits per heavy atom. The maximum atomic E-state index is 5.45. The van der Waals surface area contributed by atoms with E-state index in [1.54, 1.807) is 0 Å². The van der Waals surface area contributed by atoms with Crippen LogP contribution in [0.2, 0.25) is 0 Å². The Balaban J connectivity index is 0.00000106. The molecule has 0 bridgehead atoms. The largest absolute Gasteiger partial charge is 0.347 e. The van der Waals surface area contributed by atoms with Crippen molar-refractivity contribution in [1.29, 1.82) is 0 Å². The normalized spacial score (nSPS) is 11.6. The van der Waals surface area contributed by atoms with Crippen LogP contribution in [-0.2, 0) is 6.54 Å². The summed E-state index contributed by atoms with van der Waals surface area (Å²) >= 11 is 0. The molecule has 0 spiro atoms. The van der Waals surface area contributed by atoms with Gasteiger partial charge in [0.1, 0.15) is 0 Å². The zero-order valence-electron chi connectivity index (χ0n) is 14.0. The first-order valence-corrected chi connectivity index (χ1v) is 8.34. The first-order valence-electron chi connectivity index (χ1n) is 8.34. The molecule has 1 nitrogen and oxygen atoms in total. The molecule has 1 atom stereocenters. The predicted molar refractivity (Wildman–Crippen MR) is 94.5 cm³/mol. The molecular weight excluding hydrogens is 254 g/mol. The standard InChI is InChI=1S/C18H23N.C2H6/c1-4-7-8-16(6-3)14-19-12-11-17-13-15(5-2)9-10-18(17)19;1-2/h2,9-13,16H,4,6-8,14H2,1,3H3;1-2H3. The van der Waals surface area contributed by atoms with E-state index in [1.165, 1.54) is 36.6 Å². The van der Waals surface area contributed by atoms with E-state index >= 15 is 0 Å². The fourth-order valence-corrected chi connectivity index (χ4v) is 2.64. The molecule has 0 fully saturated rings. The zero-order chi connectivity index (χ0) is 15.7. The van der Waals surface area contributed by atoms with E-state index in [1.807, 2.05) is 19.9 Å². The molecule has 0 saturated heterocycles. The van der Waals surface area contributed by atoms with E-state index in [0.717, 1.165) is 18.0 Å². The lowest BCUT2D eigenvalue weighted by Crippen LogP contribution is -2.09. The van der Waals surface area contributed by atoms with E-state index in [0.29, 0.717) is 0 Å². The maximum Gasteiger partial charge on any atom is 0.0481 e. The molecular formula is C20H29N. The highest BCUT2D eigenvalue weighted by Crippen LogP contribution is 2.21. The van der Waals surface area contributed by atoms with Gasteiger partial charge in [0, 0.05) is 29.2 Å². The molecule has 1 unspecified atom stereocenters. The van der Waals surface area contributed by atoms with Crippen molar-refractivity contribution in [2.45, 2.75) is 59.9 Å². The molecule has 2 rings (SSSR count). The van der Waals surface area contributed by atoms with Gasteiger partial charge in [0.15, 0.2) is 0 Å². The van der Waals surface area contributed by atoms with Crippen LogP contribution in [-0.4, -0.2) is 4.57 Å². The minimum Gasteiger partial charge on any atom is -0.347 e. The Bertz CT molecular complexity index is 571. The lowest BCUT2D eigenvalue weighted by molar-refractivity contribution is 0.396. The topological polar surface area (TPSA) is 4.93 Å². The van der Waals surface area contributed by atoms with Crippen LogP contribution < -0.4 is 0 Å². The molecule has 0 aliphatic carbocycles. The van der Waals surface area contributed by atoms with Crippen molar-refractivity contribution in [3.8, 4) is 12.3 Å². The van der Waals surface area contributed by atoms with E-state index in [2.05, 4.69) is 48.7 Å². The van der Waals surface area contributed by atoms with E-state index < -0.39 is 0 Å². The lowest BCUT2D eigenvalue weighted by atomic mass is 9.99. The highest BCUT2D eigenvalue weighted by molar-refractivity contribution is 5.81. The van der Waals surface area contributed by atoms with Gasteiger partial charge in [-0.2, -0.15) is 0 Å². The van der Waals surface area contributed by atoms with Crippen molar-refractivity contribution in [3.05, 3.63) is 36.0 Å². The predicted octanol–water partition coefficient (Wildman–Crippen LogP) is 5.87. The van der Waals surface area contributed by atoms with E-state index in [-0.39, 0.29) is 0 Å². The van der Waals surface area contributed by atoms with E-state index in [9.17, 15) is 0 Å². The molecule has 0 aliphatic heterocycles. The Kier molecular flexibility index (Phi) is 7.69. The molecule has 2 aromatic rings. The maximum absolute atomic E-state index is 5.45. The Hall–Kier alpha value is -1.68. The molecule has 1 aromatic carbocycles. The zero-order valence-corrected chi connectivity index (χ0v) is 14.0. The summed E-state index contributed by atoms with van der Waals surface area (Å²) in [4.78, 5) is 0. The minimum atomic E-state index is 0.780. The molecule has 1 heterocycles. The van der Waals surface area contributed by atoms with Gasteiger partial charge in [-0.15, -0.1) is 6.42 Å². The van der Waals surface area contributed by atoms with Crippen molar-refractivity contribution in [3.63, 3.8) is 0 Å². The molecule has 0 aliphatic rings. The fourth-order valence-electron chi connectivity index (χ4n) is 2.64. The van der Waals surface area contributed by atoms with Gasteiger partial charge in [-0.1, -0.05) is 52.9 Å². The van der Waals surface area contributed by atoms with Gasteiger partial charge in [-0.05, 0) is 36.6 Å². The van der Waals surface area contributed by atoms with Crippen LogP contribution in [0.5, 0.6) is 0 Å². The minimum absolute atomic E-state index is 0.780. The number of hydrogen-bond donors (Lipinski definition) is 0. The summed E-state index contributed by atoms with van der Waals surface area (Å²) in [6, 6.07) is 8.45. The third-order valence-corrected chi connectivity index (χ3v) is 3.94. The summed E-state index contributed by atoms with van der Waals surface area (Å²) in [6.07, 6.45) is 12.8. The van der Waals surface area contributed by atoms with Crippen LogP contribution >= 0.6 is 0 Å². The summed E-state index contributed by atoms with van der Waals surface area (Å²) in [7, 11) is 0. The Labute approximate surface area is 130 Å². The molecule has 0 N–H and O–H groups in total. The molecule has 114 valence electrons. The van der Waals surface area contributed by atoms with Gasteiger partial charge >= 0.3 is 0 Å². The summed E-state index contributed by atoms with van der Waals surface area (Å²) in [6.45, 7) is 9.68. The molecule has 0 radical (unpaired) electrons. The van der Waals surface area contributed by atoms with Crippen molar-refractivity contribution < 1.29 is 0 Å². The first kappa shape index (κ1) is 17.4. The average Bonchev–Trinajstić information content (AvgIpc) is 2.95. The number of benzene rings is 1. The number of terminal acetylenes is 1. The van der Waals surface area contributed by atoms with Crippen molar-refractivity contribution >= 4 is 10.9 Å². The summed E-state index contributed by atoms with van der Waals surface area (Å²) < 4.78 is 2.37. The van der Waals surface area contributed by atoms with Crippen LogP contribution in [0.1, 0.15) is 58.9 Å². The second-order valence-corrected chi connectivity index (χ2v) is 5.30. The van der Waals surface area contributed by atoms with Crippen LogP contribution in [0.15, 0.2) is 30.5 Å². The monoisotopic (exact) mass is 283 g/mol. The average molecular weight is 283 g/mol. The summed E-state index contributed by atoms with van der Waals surface area (Å²) in [5, 5.41) is 1.25. The third kappa shape index (κ3) is 4.67.